The molecule has 0 saturated heterocycles. The topological polar surface area (TPSA) is 163 Å². The number of carbonyl (C=O) groups is 4. The third-order valence-electron chi connectivity index (χ3n) is 4.32. The lowest BCUT2D eigenvalue weighted by molar-refractivity contribution is -0.223. The van der Waals surface area contributed by atoms with E-state index in [2.05, 4.69) is 29.6 Å². The fourth-order valence-corrected chi connectivity index (χ4v) is 2.42. The van der Waals surface area contributed by atoms with Crippen LogP contribution >= 0.6 is 23.0 Å². The molecular formula is C21H39IN4O9. The zero-order chi connectivity index (χ0) is 26.2. The fourth-order valence-electron chi connectivity index (χ4n) is 2.29. The first-order valence-electron chi connectivity index (χ1n) is 11.6. The lowest BCUT2D eigenvalue weighted by atomic mass is 10.1. The number of nitrogens with one attached hydrogen (secondary N) is 4. The zero-order valence-electron chi connectivity index (χ0n) is 20.5. The van der Waals surface area contributed by atoms with Crippen molar-refractivity contribution in [3.05, 3.63) is 0 Å². The second-order valence-corrected chi connectivity index (χ2v) is 7.97. The van der Waals surface area contributed by atoms with Crippen molar-refractivity contribution in [2.75, 3.05) is 65.8 Å². The Morgan fingerprint density at radius 1 is 0.686 bits per heavy atom. The number of hydroxylamine groups is 1. The fraction of sp³-hybridized carbons (Fsp3) is 0.810. The van der Waals surface area contributed by atoms with E-state index in [1.54, 1.807) is 36.9 Å². The number of Topliss-reactive ketones (excluding diaryl/α,β-unsaturated/α-hetero) is 1. The van der Waals surface area contributed by atoms with E-state index in [0.29, 0.717) is 59.2 Å². The maximum atomic E-state index is 11.8. The van der Waals surface area contributed by atoms with E-state index in [4.69, 9.17) is 14.2 Å². The summed E-state index contributed by atoms with van der Waals surface area (Å²) in [4.78, 5) is 51.0. The van der Waals surface area contributed by atoms with Crippen LogP contribution in [0.25, 0.3) is 0 Å². The number of ketones is 1. The summed E-state index contributed by atoms with van der Waals surface area (Å²) in [6.07, 6.45) is 1.42. The standard InChI is InChI=1S/C21H39IN4O9/c1-17(2)18(27)15-24-21(30)16-25-20(29)6-5-19(28)23-7-3-9-31-11-13-33-14-12-32-10-4-8-26-35-34-22/h17,26H,3-16H2,1-2H3,(H,23,28)(H,24,30)(H,25,29). The first-order valence-corrected chi connectivity index (χ1v) is 12.5. The van der Waals surface area contributed by atoms with Gasteiger partial charge in [-0.2, -0.15) is 5.48 Å². The van der Waals surface area contributed by atoms with Crippen molar-refractivity contribution in [1.82, 2.24) is 21.4 Å². The van der Waals surface area contributed by atoms with Gasteiger partial charge >= 0.3 is 0 Å². The smallest absolute Gasteiger partial charge is 0.239 e. The Kier molecular flexibility index (Phi) is 23.3. The van der Waals surface area contributed by atoms with Crippen LogP contribution in [-0.2, 0) is 41.6 Å². The number of ether oxygens (including phenoxy) is 3. The molecule has 0 unspecified atom stereocenters. The maximum absolute atomic E-state index is 11.8. The number of halogens is 1. The largest absolute Gasteiger partial charge is 0.379 e. The average Bonchev–Trinajstić information content (AvgIpc) is 2.84. The molecule has 0 spiro atoms. The Bertz CT molecular complexity index is 597. The number of rotatable bonds is 24. The first kappa shape index (κ1) is 33.6. The van der Waals surface area contributed by atoms with Crippen LogP contribution in [0.3, 0.4) is 0 Å². The Balaban J connectivity index is 3.43. The monoisotopic (exact) mass is 618 g/mol. The molecule has 0 fully saturated rings. The zero-order valence-corrected chi connectivity index (χ0v) is 22.7. The summed E-state index contributed by atoms with van der Waals surface area (Å²) < 4.78 is 20.5. The van der Waals surface area contributed by atoms with Crippen LogP contribution in [0, 0.1) is 5.92 Å². The third kappa shape index (κ3) is 24.1. The highest BCUT2D eigenvalue weighted by Crippen LogP contribution is 1.93. The second-order valence-electron chi connectivity index (χ2n) is 7.61. The van der Waals surface area contributed by atoms with Gasteiger partial charge in [-0.05, 0) is 12.8 Å². The van der Waals surface area contributed by atoms with Gasteiger partial charge < -0.3 is 30.2 Å². The number of hydrogen-bond donors (Lipinski definition) is 4. The van der Waals surface area contributed by atoms with Gasteiger partial charge in [0.05, 0.1) is 39.5 Å². The molecule has 0 radical (unpaired) electrons. The molecule has 4 N–H and O–H groups in total. The molecule has 0 aliphatic heterocycles. The van der Waals surface area contributed by atoms with Gasteiger partial charge in [-0.1, -0.05) is 13.8 Å². The molecule has 0 aromatic rings. The van der Waals surface area contributed by atoms with Crippen LogP contribution < -0.4 is 21.4 Å². The molecule has 0 aliphatic carbocycles. The van der Waals surface area contributed by atoms with Crippen LogP contribution in [0.4, 0.5) is 0 Å². The van der Waals surface area contributed by atoms with Crippen LogP contribution in [-0.4, -0.2) is 89.3 Å². The van der Waals surface area contributed by atoms with E-state index < -0.39 is 11.8 Å². The normalized spacial score (nSPS) is 10.9. The summed E-state index contributed by atoms with van der Waals surface area (Å²) in [5, 5.41) is 7.57. The minimum atomic E-state index is -0.451. The lowest BCUT2D eigenvalue weighted by Crippen LogP contribution is -2.40. The van der Waals surface area contributed by atoms with E-state index >= 15 is 0 Å². The molecule has 35 heavy (non-hydrogen) atoms. The molecule has 0 bridgehead atoms. The highest BCUT2D eigenvalue weighted by molar-refractivity contribution is 14.1. The average molecular weight is 618 g/mol. The van der Waals surface area contributed by atoms with Crippen molar-refractivity contribution in [1.29, 1.82) is 0 Å². The van der Waals surface area contributed by atoms with E-state index in [-0.39, 0.29) is 43.5 Å². The van der Waals surface area contributed by atoms with E-state index in [0.717, 1.165) is 6.42 Å². The summed E-state index contributed by atoms with van der Waals surface area (Å²) >= 11 is 1.61. The molecule has 204 valence electrons. The Morgan fingerprint density at radius 2 is 1.20 bits per heavy atom. The summed E-state index contributed by atoms with van der Waals surface area (Å²) in [7, 11) is 0. The minimum Gasteiger partial charge on any atom is -0.379 e. The summed E-state index contributed by atoms with van der Waals surface area (Å²) in [6.45, 7) is 7.20. The van der Waals surface area contributed by atoms with Gasteiger partial charge in [0.2, 0.25) is 17.7 Å². The molecule has 13 nitrogen and oxygen atoms in total. The van der Waals surface area contributed by atoms with Gasteiger partial charge in [0.1, 0.15) is 0 Å². The highest BCUT2D eigenvalue weighted by atomic mass is 127. The van der Waals surface area contributed by atoms with Crippen molar-refractivity contribution in [3.63, 3.8) is 0 Å². The van der Waals surface area contributed by atoms with Crippen LogP contribution in [0.1, 0.15) is 39.5 Å². The van der Waals surface area contributed by atoms with E-state index in [1.165, 1.54) is 0 Å². The quantitative estimate of drug-likeness (QED) is 0.0501. The Labute approximate surface area is 220 Å². The van der Waals surface area contributed by atoms with Gasteiger partial charge in [0, 0.05) is 45.1 Å². The SMILES string of the molecule is CC(C)C(=O)CNC(=O)CNC(=O)CCC(=O)NCCCOCCOCCOCCCNOOI. The molecular weight excluding hydrogens is 579 g/mol. The molecule has 0 aromatic carbocycles. The summed E-state index contributed by atoms with van der Waals surface area (Å²) in [6, 6.07) is 0. The molecule has 0 aliphatic rings. The van der Waals surface area contributed by atoms with Gasteiger partial charge in [-0.25, -0.2) is 0 Å². The molecule has 14 heteroatoms. The summed E-state index contributed by atoms with van der Waals surface area (Å²) in [5.41, 5.74) is 2.59. The van der Waals surface area contributed by atoms with Crippen LogP contribution in [0.2, 0.25) is 0 Å². The Hall–Kier alpha value is -1.43. The van der Waals surface area contributed by atoms with Gasteiger partial charge in [-0.15, -0.1) is 8.21 Å². The Morgan fingerprint density at radius 3 is 1.77 bits per heavy atom. The minimum absolute atomic E-state index is 0.0210. The predicted molar refractivity (Wildman–Crippen MR) is 134 cm³/mol. The number of hydrogen-bond acceptors (Lipinski definition) is 10. The highest BCUT2D eigenvalue weighted by Gasteiger charge is 2.11. The lowest BCUT2D eigenvalue weighted by Gasteiger charge is -2.09. The van der Waals surface area contributed by atoms with Crippen LogP contribution in [0.5, 0.6) is 0 Å². The third-order valence-corrected chi connectivity index (χ3v) is 4.50. The van der Waals surface area contributed by atoms with Gasteiger partial charge in [-0.3, -0.25) is 19.2 Å². The van der Waals surface area contributed by atoms with Crippen molar-refractivity contribution in [3.8, 4) is 0 Å². The molecule has 3 amide bonds. The van der Waals surface area contributed by atoms with Crippen LogP contribution in [0.15, 0.2) is 0 Å². The van der Waals surface area contributed by atoms with Crippen molar-refractivity contribution >= 4 is 46.5 Å². The first-order chi connectivity index (χ1) is 16.9. The van der Waals surface area contributed by atoms with E-state index in [1.807, 2.05) is 0 Å². The predicted octanol–water partition coefficient (Wildman–Crippen LogP) is -0.0269. The molecule has 0 saturated carbocycles. The van der Waals surface area contributed by atoms with E-state index in [9.17, 15) is 19.2 Å². The molecule has 0 heterocycles. The second kappa shape index (κ2) is 24.3. The van der Waals surface area contributed by atoms with Gasteiger partial charge in [0.25, 0.3) is 0 Å². The van der Waals surface area contributed by atoms with Crippen molar-refractivity contribution in [2.24, 2.45) is 5.92 Å². The summed E-state index contributed by atoms with van der Waals surface area (Å²) in [5.74, 6) is -1.36. The maximum Gasteiger partial charge on any atom is 0.239 e. The number of amides is 3. The number of carbonyl (C=O) groups excluding carboxylic acids is 4. The van der Waals surface area contributed by atoms with Crippen molar-refractivity contribution in [2.45, 2.75) is 39.5 Å². The van der Waals surface area contributed by atoms with Gasteiger partial charge in [0.15, 0.2) is 28.8 Å². The molecule has 0 aromatic heterocycles. The molecule has 0 atom stereocenters. The van der Waals surface area contributed by atoms with Crippen molar-refractivity contribution < 1.29 is 41.6 Å². The molecule has 0 rings (SSSR count).